The number of ketones is 1. The minimum atomic E-state index is -3.44. The van der Waals surface area contributed by atoms with E-state index >= 15 is 0 Å². The van der Waals surface area contributed by atoms with Crippen LogP contribution in [0, 0.1) is 30.6 Å². The minimum Gasteiger partial charge on any atom is -0.507 e. The summed E-state index contributed by atoms with van der Waals surface area (Å²) in [5, 5.41) is 63.7. The number of carbonyl (C=O) groups excluding carboxylic acids is 3. The summed E-state index contributed by atoms with van der Waals surface area (Å²) in [7, 11) is 2.20. The van der Waals surface area contributed by atoms with E-state index in [9.17, 15) is 39.9 Å². The van der Waals surface area contributed by atoms with Crippen molar-refractivity contribution in [2.45, 2.75) is 85.6 Å². The molecule has 1 fully saturated rings. The van der Waals surface area contributed by atoms with Crippen molar-refractivity contribution in [1.29, 1.82) is 0 Å². The second kappa shape index (κ2) is 18.0. The Kier molecular flexibility index (Phi) is 10.6. The highest BCUT2D eigenvalue weighted by atomic mass is 16.7. The van der Waals surface area contributed by atoms with E-state index in [0.29, 0.717) is 6.21 Å². The molecular formula is C43H58N4O12. The van der Waals surface area contributed by atoms with Gasteiger partial charge in [0, 0.05) is 92.6 Å². The molecule has 4 aliphatic rings. The number of aliphatic hydroxyl groups excluding tert-OH is 2. The fourth-order valence-corrected chi connectivity index (χ4v) is 7.35. The van der Waals surface area contributed by atoms with E-state index in [1.807, 2.05) is 0 Å². The number of aromatic hydroxyl groups is 3. The molecule has 6 rings (SSSR count). The number of Topliss-reactive ketones (excluding diaryl/α,β-unsaturated/α-hetero) is 1. The topological polar surface area (TPSA) is 220 Å². The van der Waals surface area contributed by atoms with Crippen LogP contribution in [0.5, 0.6) is 23.0 Å². The fraction of sp³-hybridized carbons (Fsp3) is 0.535. The summed E-state index contributed by atoms with van der Waals surface area (Å²) >= 11 is 0. The molecule has 16 nitrogen and oxygen atoms in total. The number of hydrogen-bond donors (Lipinski definition) is 6. The van der Waals surface area contributed by atoms with Crippen molar-refractivity contribution in [2.75, 3.05) is 45.5 Å². The van der Waals surface area contributed by atoms with Gasteiger partial charge in [0.2, 0.25) is 0 Å². The van der Waals surface area contributed by atoms with Gasteiger partial charge in [-0.3, -0.25) is 19.4 Å². The number of phenols is 3. The monoisotopic (exact) mass is 830 g/mol. The van der Waals surface area contributed by atoms with Crippen LogP contribution in [-0.4, -0.2) is 130 Å². The first kappa shape index (κ1) is 34.7. The molecule has 6 N–H and O–H groups in total. The maximum Gasteiger partial charge on any atom is 0.312 e. The van der Waals surface area contributed by atoms with E-state index in [2.05, 4.69) is 10.4 Å². The maximum atomic E-state index is 14.6. The molecule has 2 aromatic rings. The van der Waals surface area contributed by atoms with Crippen molar-refractivity contribution in [2.24, 2.45) is 28.8 Å². The lowest BCUT2D eigenvalue weighted by molar-refractivity contribution is -0.160. The van der Waals surface area contributed by atoms with E-state index < -0.39 is 142 Å². The van der Waals surface area contributed by atoms with Crippen molar-refractivity contribution in [3.8, 4) is 23.0 Å². The average Bonchev–Trinajstić information content (AvgIpc) is 3.51. The van der Waals surface area contributed by atoms with Gasteiger partial charge in [-0.15, -0.1) is 0 Å². The molecule has 1 amide bonds. The summed E-state index contributed by atoms with van der Waals surface area (Å²) in [5.41, 5.74) is -2.12. The molecule has 0 aromatic heterocycles. The maximum absolute atomic E-state index is 14.6. The summed E-state index contributed by atoms with van der Waals surface area (Å²) in [6.45, 7) is -1.69. The Bertz CT molecular complexity index is 2420. The van der Waals surface area contributed by atoms with Crippen molar-refractivity contribution < 1.29 is 69.8 Å². The molecule has 1 saturated heterocycles. The standard InChI is InChI=1S/C43H58N4O12/c1-21-12-11-13-22(2)42(55)45-33-28(20-44-47-17-15-46(9)16-18-47)37(52)30-31(38(33)53)36(51)26(6)40-32(30)41(54)43(8,59-40)57-19-14-29(56-10)23(3)39(58-27(7)48)25(5)35(50)24(4)34(21)49/h11-14,19-21,23-25,29,34-35,39,49-53H,15-18H2,1-10H3,(H,45,55)/b12-11+,19-14+,22-13-,44-20+/t21-,23+,24+,25+,29-,34-,35+,39+,43-/m0/s1/i15D2,16D2,17D2,18D2. The predicted molar refractivity (Wildman–Crippen MR) is 220 cm³/mol. The number of benzene rings is 2. The molecule has 0 unspecified atom stereocenters. The number of fused-ring (bicyclic) bond motifs is 14. The average molecular weight is 831 g/mol. The fourth-order valence-electron chi connectivity index (χ4n) is 7.35. The molecule has 2 aromatic carbocycles. The smallest absolute Gasteiger partial charge is 0.312 e. The SMILES string of the molecule is [2H]C1([2H])N(C)C([2H])([2H])C([2H])([2H])N(/N=C/c2c3c(O)c4c(O)c(C)c5c(c4c2O)C(=O)[C@@](C)(O/C=C/[C@H](OC)[C@@H](C)[C@@H](OC(C)=O)[C@H](C)[C@H](O)[C@H](C)[C@@H](O)[C@@H](C)/C=C/C=C(/C)C(=O)N3)O5)C1([2H])[2H]. The number of amides is 1. The molecule has 0 saturated carbocycles. The van der Waals surface area contributed by atoms with Crippen LogP contribution in [0.1, 0.15) is 80.9 Å². The number of allylic oxidation sites excluding steroid dienone is 2. The number of ether oxygens (including phenoxy) is 4. The van der Waals surface area contributed by atoms with Gasteiger partial charge in [0.15, 0.2) is 5.75 Å². The van der Waals surface area contributed by atoms with E-state index in [1.54, 1.807) is 33.8 Å². The number of nitrogens with one attached hydrogen (secondary N) is 1. The van der Waals surface area contributed by atoms with E-state index in [4.69, 9.17) is 29.9 Å². The number of hydrazone groups is 1. The molecular weight excluding hydrogens is 764 g/mol. The Balaban J connectivity index is 1.79. The molecule has 5 bridgehead atoms. The molecule has 4 heterocycles. The van der Waals surface area contributed by atoms with Gasteiger partial charge in [-0.05, 0) is 27.0 Å². The molecule has 16 heteroatoms. The quantitative estimate of drug-likeness (QED) is 0.109. The van der Waals surface area contributed by atoms with Crippen LogP contribution in [-0.2, 0) is 23.8 Å². The van der Waals surface area contributed by atoms with Gasteiger partial charge in [0.25, 0.3) is 11.7 Å². The second-order valence-electron chi connectivity index (χ2n) is 15.2. The van der Waals surface area contributed by atoms with Gasteiger partial charge in [0.1, 0.15) is 23.4 Å². The van der Waals surface area contributed by atoms with Crippen molar-refractivity contribution >= 4 is 40.3 Å². The lowest BCUT2D eigenvalue weighted by Gasteiger charge is -2.38. The van der Waals surface area contributed by atoms with Crippen molar-refractivity contribution in [1.82, 2.24) is 9.91 Å². The highest BCUT2D eigenvalue weighted by Gasteiger charge is 2.50. The zero-order valence-electron chi connectivity index (χ0n) is 42.5. The Morgan fingerprint density at radius 3 is 2.27 bits per heavy atom. The first-order chi connectivity index (χ1) is 30.8. The van der Waals surface area contributed by atoms with Crippen molar-refractivity contribution in [3.05, 3.63) is 52.8 Å². The van der Waals surface area contributed by atoms with Gasteiger partial charge >= 0.3 is 11.8 Å². The van der Waals surface area contributed by atoms with Crippen LogP contribution in [0.25, 0.3) is 10.8 Å². The lowest BCUT2D eigenvalue weighted by atomic mass is 9.78. The number of hydrogen-bond acceptors (Lipinski definition) is 15. The summed E-state index contributed by atoms with van der Waals surface area (Å²) in [6, 6.07) is 0. The van der Waals surface area contributed by atoms with Crippen LogP contribution in [0.2, 0.25) is 0 Å². The minimum absolute atomic E-state index is 0.0612. The van der Waals surface area contributed by atoms with E-state index in [-0.39, 0.29) is 26.8 Å². The van der Waals surface area contributed by atoms with Crippen LogP contribution in [0.4, 0.5) is 5.69 Å². The van der Waals surface area contributed by atoms with Gasteiger partial charge < -0.3 is 54.7 Å². The van der Waals surface area contributed by atoms with Crippen LogP contribution < -0.4 is 10.1 Å². The number of phenolic OH excluding ortho intramolecular Hbond substituents is 3. The largest absolute Gasteiger partial charge is 0.507 e. The number of nitrogens with zero attached hydrogens (tertiary/aromatic N) is 3. The third-order valence-corrected chi connectivity index (χ3v) is 11.0. The summed E-state index contributed by atoms with van der Waals surface area (Å²) in [5.74, 6) is -10.8. The highest BCUT2D eigenvalue weighted by molar-refractivity contribution is 6.23. The number of rotatable bonds is 4. The number of aliphatic hydroxyl groups is 2. The Morgan fingerprint density at radius 2 is 1.64 bits per heavy atom. The number of anilines is 1. The van der Waals surface area contributed by atoms with Gasteiger partial charge in [-0.1, -0.05) is 45.9 Å². The molecule has 0 aliphatic carbocycles. The number of piperazine rings is 1. The Labute approximate surface area is 355 Å². The van der Waals surface area contributed by atoms with Gasteiger partial charge in [0.05, 0.1) is 58.5 Å². The number of carbonyl (C=O) groups is 3. The zero-order chi connectivity index (χ0) is 50.8. The number of esters is 1. The van der Waals surface area contributed by atoms with Crippen LogP contribution >= 0.6 is 0 Å². The molecule has 322 valence electrons. The summed E-state index contributed by atoms with van der Waals surface area (Å²) < 4.78 is 91.5. The number of likely N-dealkylation sites (N-methyl/N-ethyl adjacent to an activating group) is 1. The molecule has 59 heavy (non-hydrogen) atoms. The van der Waals surface area contributed by atoms with Gasteiger partial charge in [-0.25, -0.2) is 0 Å². The van der Waals surface area contributed by atoms with Crippen LogP contribution in [0.3, 0.4) is 0 Å². The highest BCUT2D eigenvalue weighted by Crippen LogP contribution is 2.55. The normalized spacial score (nSPS) is 37.5. The Morgan fingerprint density at radius 1 is 0.983 bits per heavy atom. The zero-order valence-corrected chi connectivity index (χ0v) is 34.5. The molecule has 0 spiro atoms. The Hall–Kier alpha value is -5.16. The summed E-state index contributed by atoms with van der Waals surface area (Å²) in [4.78, 5) is 41.1. The van der Waals surface area contributed by atoms with E-state index in [0.717, 1.165) is 13.3 Å². The molecule has 9 atom stereocenters. The third-order valence-electron chi connectivity index (χ3n) is 11.0. The first-order valence-electron chi connectivity index (χ1n) is 22.9. The van der Waals surface area contributed by atoms with Crippen molar-refractivity contribution in [3.63, 3.8) is 0 Å². The third kappa shape index (κ3) is 8.91. The molecule has 0 radical (unpaired) electrons. The predicted octanol–water partition coefficient (Wildman–Crippen LogP) is 4.34. The number of methoxy groups -OCH3 is 1. The first-order valence-corrected chi connectivity index (χ1v) is 18.9. The van der Waals surface area contributed by atoms with Gasteiger partial charge in [-0.2, -0.15) is 5.10 Å². The van der Waals surface area contributed by atoms with Crippen LogP contribution in [0.15, 0.2) is 41.2 Å². The lowest BCUT2D eigenvalue weighted by Crippen LogP contribution is -2.46. The molecule has 4 aliphatic heterocycles. The summed E-state index contributed by atoms with van der Waals surface area (Å²) in [6.07, 6.45) is 3.00. The second-order valence-corrected chi connectivity index (χ2v) is 15.2. The van der Waals surface area contributed by atoms with E-state index in [1.165, 1.54) is 53.0 Å².